The molecule has 3 rings (SSSR count). The number of phenolic OH excluding ortho intramolecular Hbond substituents is 1. The Bertz CT molecular complexity index is 547. The molecule has 3 heteroatoms. The first-order valence-corrected chi connectivity index (χ1v) is 12.3. The number of halogens is 2. The Morgan fingerprint density at radius 1 is 0.846 bits per heavy atom. The molecule has 0 unspecified atom stereocenters. The molecule has 26 heavy (non-hydrogen) atoms. The van der Waals surface area contributed by atoms with Crippen LogP contribution in [0.1, 0.15) is 95.5 Å². The summed E-state index contributed by atoms with van der Waals surface area (Å²) in [6, 6.07) is 4.24. The van der Waals surface area contributed by atoms with Crippen LogP contribution in [-0.4, -0.2) is 5.11 Å². The number of rotatable bonds is 6. The van der Waals surface area contributed by atoms with Crippen molar-refractivity contribution in [3.05, 3.63) is 26.6 Å². The smallest absolute Gasteiger partial charge is 0.143 e. The van der Waals surface area contributed by atoms with Gasteiger partial charge in [0.2, 0.25) is 0 Å². The van der Waals surface area contributed by atoms with Gasteiger partial charge in [0.25, 0.3) is 0 Å². The molecule has 2 aliphatic rings. The zero-order valence-corrected chi connectivity index (χ0v) is 19.3. The average molecular weight is 486 g/mol. The van der Waals surface area contributed by atoms with Gasteiger partial charge in [0.1, 0.15) is 5.75 Å². The zero-order chi connectivity index (χ0) is 18.5. The van der Waals surface area contributed by atoms with Crippen LogP contribution in [0.3, 0.4) is 0 Å². The van der Waals surface area contributed by atoms with E-state index in [9.17, 15) is 5.11 Å². The second kappa shape index (κ2) is 9.96. The van der Waals surface area contributed by atoms with Gasteiger partial charge in [-0.3, -0.25) is 0 Å². The van der Waals surface area contributed by atoms with Crippen LogP contribution in [-0.2, 0) is 0 Å². The molecule has 0 spiro atoms. The standard InChI is InChI=1S/C23H34Br2O/c1-2-3-4-5-16-6-8-17(9-7-16)18-10-12-19(13-11-18)20-14-21(24)23(26)22(25)15-20/h14-19,26H,2-13H2,1H3. The maximum Gasteiger partial charge on any atom is 0.143 e. The summed E-state index contributed by atoms with van der Waals surface area (Å²) in [6.45, 7) is 2.31. The highest BCUT2D eigenvalue weighted by atomic mass is 79.9. The highest BCUT2D eigenvalue weighted by molar-refractivity contribution is 9.11. The Kier molecular flexibility index (Phi) is 7.93. The molecular weight excluding hydrogens is 452 g/mol. The van der Waals surface area contributed by atoms with Crippen molar-refractivity contribution in [3.8, 4) is 5.75 Å². The van der Waals surface area contributed by atoms with Crippen molar-refractivity contribution in [1.82, 2.24) is 0 Å². The minimum atomic E-state index is 0.318. The quantitative estimate of drug-likeness (QED) is 0.400. The molecule has 0 amide bonds. The fourth-order valence-electron chi connectivity index (χ4n) is 5.38. The van der Waals surface area contributed by atoms with Gasteiger partial charge in [-0.1, -0.05) is 45.4 Å². The first-order valence-electron chi connectivity index (χ1n) is 10.8. The third kappa shape index (κ3) is 5.28. The fourth-order valence-corrected chi connectivity index (χ4v) is 6.60. The molecule has 0 atom stereocenters. The number of hydrogen-bond acceptors (Lipinski definition) is 1. The Morgan fingerprint density at radius 2 is 1.38 bits per heavy atom. The van der Waals surface area contributed by atoms with Crippen LogP contribution >= 0.6 is 31.9 Å². The Hall–Kier alpha value is -0.0200. The summed E-state index contributed by atoms with van der Waals surface area (Å²) in [5.74, 6) is 3.97. The highest BCUT2D eigenvalue weighted by Gasteiger charge is 2.31. The Labute approximate surface area is 176 Å². The second-order valence-electron chi connectivity index (χ2n) is 8.72. The monoisotopic (exact) mass is 484 g/mol. The number of phenols is 1. The molecule has 0 aromatic heterocycles. The van der Waals surface area contributed by atoms with Crippen LogP contribution in [0, 0.1) is 17.8 Å². The first kappa shape index (κ1) is 20.7. The second-order valence-corrected chi connectivity index (χ2v) is 10.4. The molecular formula is C23H34Br2O. The number of aromatic hydroxyl groups is 1. The van der Waals surface area contributed by atoms with E-state index in [1.165, 1.54) is 82.6 Å². The van der Waals surface area contributed by atoms with Gasteiger partial charge in [-0.25, -0.2) is 0 Å². The van der Waals surface area contributed by atoms with Gasteiger partial charge in [0, 0.05) is 0 Å². The Balaban J connectivity index is 1.46. The summed E-state index contributed by atoms with van der Waals surface area (Å²) >= 11 is 6.97. The highest BCUT2D eigenvalue weighted by Crippen LogP contribution is 2.46. The van der Waals surface area contributed by atoms with E-state index in [0.717, 1.165) is 26.7 Å². The predicted octanol–water partition coefficient (Wildman–Crippen LogP) is 8.58. The van der Waals surface area contributed by atoms with Gasteiger partial charge in [-0.2, -0.15) is 0 Å². The summed E-state index contributed by atoms with van der Waals surface area (Å²) in [5, 5.41) is 9.94. The molecule has 2 fully saturated rings. The molecule has 1 nitrogen and oxygen atoms in total. The van der Waals surface area contributed by atoms with Crippen molar-refractivity contribution >= 4 is 31.9 Å². The van der Waals surface area contributed by atoms with Crippen molar-refractivity contribution in [2.24, 2.45) is 17.8 Å². The normalized spacial score (nSPS) is 29.7. The van der Waals surface area contributed by atoms with Gasteiger partial charge in [-0.05, 0) is 112 Å². The van der Waals surface area contributed by atoms with Gasteiger partial charge in [0.05, 0.1) is 8.95 Å². The summed E-state index contributed by atoms with van der Waals surface area (Å²) in [7, 11) is 0. The van der Waals surface area contributed by atoms with Gasteiger partial charge in [-0.15, -0.1) is 0 Å². The third-order valence-corrected chi connectivity index (χ3v) is 8.27. The maximum atomic E-state index is 9.94. The molecule has 1 aromatic carbocycles. The molecule has 0 bridgehead atoms. The lowest BCUT2D eigenvalue weighted by Gasteiger charge is -2.38. The minimum Gasteiger partial charge on any atom is -0.506 e. The molecule has 0 saturated heterocycles. The number of hydrogen-bond donors (Lipinski definition) is 1. The zero-order valence-electron chi connectivity index (χ0n) is 16.2. The van der Waals surface area contributed by atoms with Crippen molar-refractivity contribution in [2.45, 2.75) is 89.9 Å². The van der Waals surface area contributed by atoms with Crippen LogP contribution in [0.5, 0.6) is 5.75 Å². The van der Waals surface area contributed by atoms with E-state index < -0.39 is 0 Å². The molecule has 1 aromatic rings. The lowest BCUT2D eigenvalue weighted by Crippen LogP contribution is -2.25. The lowest BCUT2D eigenvalue weighted by atomic mass is 9.68. The predicted molar refractivity (Wildman–Crippen MR) is 118 cm³/mol. The molecule has 2 saturated carbocycles. The minimum absolute atomic E-state index is 0.318. The van der Waals surface area contributed by atoms with Crippen LogP contribution in [0.15, 0.2) is 21.1 Å². The number of unbranched alkanes of at least 4 members (excludes halogenated alkanes) is 2. The Morgan fingerprint density at radius 3 is 1.92 bits per heavy atom. The molecule has 0 aliphatic heterocycles. The molecule has 2 aliphatic carbocycles. The van der Waals surface area contributed by atoms with E-state index in [1.807, 2.05) is 0 Å². The van der Waals surface area contributed by atoms with E-state index in [0.29, 0.717) is 11.7 Å². The average Bonchev–Trinajstić information content (AvgIpc) is 2.67. The SMILES string of the molecule is CCCCCC1CCC(C2CCC(c3cc(Br)c(O)c(Br)c3)CC2)CC1. The topological polar surface area (TPSA) is 20.2 Å². The van der Waals surface area contributed by atoms with Crippen molar-refractivity contribution < 1.29 is 5.11 Å². The summed E-state index contributed by atoms with van der Waals surface area (Å²) in [4.78, 5) is 0. The van der Waals surface area contributed by atoms with E-state index in [2.05, 4.69) is 50.9 Å². The van der Waals surface area contributed by atoms with Crippen molar-refractivity contribution in [1.29, 1.82) is 0 Å². The van der Waals surface area contributed by atoms with E-state index >= 15 is 0 Å². The third-order valence-electron chi connectivity index (χ3n) is 7.06. The van der Waals surface area contributed by atoms with E-state index in [1.54, 1.807) is 0 Å². The van der Waals surface area contributed by atoms with Crippen molar-refractivity contribution in [2.75, 3.05) is 0 Å². The van der Waals surface area contributed by atoms with Crippen LogP contribution in [0.25, 0.3) is 0 Å². The fraction of sp³-hybridized carbons (Fsp3) is 0.739. The van der Waals surface area contributed by atoms with Gasteiger partial charge < -0.3 is 5.11 Å². The first-order chi connectivity index (χ1) is 12.6. The van der Waals surface area contributed by atoms with E-state index in [-0.39, 0.29) is 0 Å². The maximum absolute atomic E-state index is 9.94. The molecule has 146 valence electrons. The van der Waals surface area contributed by atoms with Crippen LogP contribution in [0.2, 0.25) is 0 Å². The van der Waals surface area contributed by atoms with E-state index in [4.69, 9.17) is 0 Å². The van der Waals surface area contributed by atoms with Crippen LogP contribution in [0.4, 0.5) is 0 Å². The van der Waals surface area contributed by atoms with Gasteiger partial charge >= 0.3 is 0 Å². The summed E-state index contributed by atoms with van der Waals surface area (Å²) in [6.07, 6.45) is 17.1. The number of benzene rings is 1. The summed E-state index contributed by atoms with van der Waals surface area (Å²) < 4.78 is 1.62. The molecule has 0 heterocycles. The lowest BCUT2D eigenvalue weighted by molar-refractivity contribution is 0.155. The van der Waals surface area contributed by atoms with Crippen molar-refractivity contribution in [3.63, 3.8) is 0 Å². The molecule has 1 N–H and O–H groups in total. The van der Waals surface area contributed by atoms with Gasteiger partial charge in [0.15, 0.2) is 0 Å². The van der Waals surface area contributed by atoms with Crippen LogP contribution < -0.4 is 0 Å². The summed E-state index contributed by atoms with van der Waals surface area (Å²) in [5.41, 5.74) is 1.37. The molecule has 0 radical (unpaired) electrons. The largest absolute Gasteiger partial charge is 0.506 e.